The van der Waals surface area contributed by atoms with Crippen molar-refractivity contribution < 1.29 is 4.74 Å². The maximum Gasteiger partial charge on any atom is 0.101 e. The van der Waals surface area contributed by atoms with E-state index in [4.69, 9.17) is 4.74 Å². The zero-order valence-corrected chi connectivity index (χ0v) is 13.5. The molecule has 0 aliphatic carbocycles. The maximum absolute atomic E-state index is 5.98. The molecule has 1 aliphatic heterocycles. The van der Waals surface area contributed by atoms with Crippen LogP contribution in [0.1, 0.15) is 29.3 Å². The lowest BCUT2D eigenvalue weighted by molar-refractivity contribution is 0.0979. The van der Waals surface area contributed by atoms with Crippen LogP contribution >= 0.6 is 0 Å². The van der Waals surface area contributed by atoms with E-state index in [0.29, 0.717) is 6.04 Å². The van der Waals surface area contributed by atoms with E-state index >= 15 is 0 Å². The molecule has 1 aromatic carbocycles. The van der Waals surface area contributed by atoms with E-state index in [1.807, 2.05) is 24.1 Å². The number of aryl methyl sites for hydroxylation is 1. The first-order chi connectivity index (χ1) is 11.2. The number of nitrogens with zero attached hydrogens (tertiary/aromatic N) is 2. The first kappa shape index (κ1) is 14.5. The predicted molar refractivity (Wildman–Crippen MR) is 90.2 cm³/mol. The third-order valence-corrected chi connectivity index (χ3v) is 4.91. The number of H-pyrrole nitrogens is 1. The summed E-state index contributed by atoms with van der Waals surface area (Å²) in [6, 6.07) is 8.86. The molecule has 2 aromatic heterocycles. The van der Waals surface area contributed by atoms with Gasteiger partial charge in [0.25, 0.3) is 0 Å². The fourth-order valence-corrected chi connectivity index (χ4v) is 3.45. The summed E-state index contributed by atoms with van der Waals surface area (Å²) >= 11 is 0. The van der Waals surface area contributed by atoms with Gasteiger partial charge in [-0.25, -0.2) is 0 Å². The lowest BCUT2D eigenvalue weighted by atomic mass is 10.0. The summed E-state index contributed by atoms with van der Waals surface area (Å²) in [6.07, 6.45) is 5.05. The Hall–Kier alpha value is -2.11. The van der Waals surface area contributed by atoms with E-state index in [1.54, 1.807) is 0 Å². The van der Waals surface area contributed by atoms with Crippen molar-refractivity contribution >= 4 is 10.9 Å². The molecule has 120 valence electrons. The van der Waals surface area contributed by atoms with E-state index < -0.39 is 0 Å². The van der Waals surface area contributed by atoms with Crippen molar-refractivity contribution in [2.45, 2.75) is 32.0 Å². The van der Waals surface area contributed by atoms with Gasteiger partial charge in [0.2, 0.25) is 0 Å². The Morgan fingerprint density at radius 2 is 2.30 bits per heavy atom. The standard InChI is InChI=1S/C18H22N4O/c1-12-15(11-21-22(12)2)18-17(7-9-23-18)20-10-13-4-3-5-16-14(13)6-8-19-16/h3-6,8,11,17-20H,7,9-10H2,1-2H3/t17-,18+/m0/s1. The number of hydrogen-bond acceptors (Lipinski definition) is 3. The van der Waals surface area contributed by atoms with Crippen LogP contribution in [-0.4, -0.2) is 27.4 Å². The van der Waals surface area contributed by atoms with Gasteiger partial charge in [-0.3, -0.25) is 4.68 Å². The molecule has 1 fully saturated rings. The van der Waals surface area contributed by atoms with Crippen molar-refractivity contribution in [2.75, 3.05) is 6.61 Å². The number of fused-ring (bicyclic) bond motifs is 1. The number of nitrogens with one attached hydrogen (secondary N) is 2. The average molecular weight is 310 g/mol. The molecule has 3 aromatic rings. The quantitative estimate of drug-likeness (QED) is 0.779. The summed E-state index contributed by atoms with van der Waals surface area (Å²) in [5.74, 6) is 0. The number of hydrogen-bond donors (Lipinski definition) is 2. The minimum absolute atomic E-state index is 0.0918. The van der Waals surface area contributed by atoms with Crippen LogP contribution < -0.4 is 5.32 Å². The van der Waals surface area contributed by atoms with Crippen molar-refractivity contribution in [3.63, 3.8) is 0 Å². The molecule has 3 heterocycles. The molecule has 0 bridgehead atoms. The highest BCUT2D eigenvalue weighted by molar-refractivity contribution is 5.82. The molecule has 23 heavy (non-hydrogen) atoms. The maximum atomic E-state index is 5.98. The molecule has 4 rings (SSSR count). The van der Waals surface area contributed by atoms with Crippen molar-refractivity contribution in [3.8, 4) is 0 Å². The third-order valence-electron chi connectivity index (χ3n) is 4.91. The van der Waals surface area contributed by atoms with Crippen LogP contribution in [0.25, 0.3) is 10.9 Å². The van der Waals surface area contributed by atoms with Crippen LogP contribution in [0, 0.1) is 6.92 Å². The van der Waals surface area contributed by atoms with E-state index in [1.165, 1.54) is 27.7 Å². The Balaban J connectivity index is 1.52. The molecule has 0 radical (unpaired) electrons. The van der Waals surface area contributed by atoms with Gasteiger partial charge < -0.3 is 15.0 Å². The molecular weight excluding hydrogens is 288 g/mol. The summed E-state index contributed by atoms with van der Waals surface area (Å²) in [4.78, 5) is 3.27. The van der Waals surface area contributed by atoms with Crippen molar-refractivity contribution in [1.82, 2.24) is 20.1 Å². The molecular formula is C18H22N4O. The molecule has 2 atom stereocenters. The highest BCUT2D eigenvalue weighted by atomic mass is 16.5. The SMILES string of the molecule is Cc1c([C@H]2OCC[C@@H]2NCc2cccc3[nH]ccc23)cnn1C. The largest absolute Gasteiger partial charge is 0.372 e. The summed E-state index contributed by atoms with van der Waals surface area (Å²) < 4.78 is 7.90. The van der Waals surface area contributed by atoms with Crippen molar-refractivity contribution in [3.05, 3.63) is 53.5 Å². The lowest BCUT2D eigenvalue weighted by Gasteiger charge is -2.20. The molecule has 2 N–H and O–H groups in total. The number of ether oxygens (including phenoxy) is 1. The van der Waals surface area contributed by atoms with Gasteiger partial charge in [0.15, 0.2) is 0 Å². The lowest BCUT2D eigenvalue weighted by Crippen LogP contribution is -2.31. The number of aromatic nitrogens is 3. The van der Waals surface area contributed by atoms with E-state index in [-0.39, 0.29) is 6.10 Å². The minimum Gasteiger partial charge on any atom is -0.372 e. The third kappa shape index (κ3) is 2.56. The van der Waals surface area contributed by atoms with Crippen LogP contribution in [-0.2, 0) is 18.3 Å². The van der Waals surface area contributed by atoms with Crippen LogP contribution in [0.2, 0.25) is 0 Å². The Morgan fingerprint density at radius 1 is 1.39 bits per heavy atom. The Labute approximate surface area is 135 Å². The number of aromatic amines is 1. The highest BCUT2D eigenvalue weighted by Crippen LogP contribution is 2.31. The number of rotatable bonds is 4. The molecule has 5 heteroatoms. The molecule has 0 unspecified atom stereocenters. The second kappa shape index (κ2) is 5.83. The van der Waals surface area contributed by atoms with Crippen LogP contribution in [0.5, 0.6) is 0 Å². The summed E-state index contributed by atoms with van der Waals surface area (Å²) in [7, 11) is 1.98. The second-order valence-electron chi connectivity index (χ2n) is 6.23. The van der Waals surface area contributed by atoms with Gasteiger partial charge in [-0.1, -0.05) is 12.1 Å². The molecule has 0 amide bonds. The molecule has 1 aliphatic rings. The summed E-state index contributed by atoms with van der Waals surface area (Å²) in [5, 5.41) is 9.33. The van der Waals surface area contributed by atoms with Gasteiger partial charge in [-0.05, 0) is 31.0 Å². The Bertz CT molecular complexity index is 819. The second-order valence-corrected chi connectivity index (χ2v) is 6.23. The molecule has 1 saturated heterocycles. The molecule has 0 spiro atoms. The van der Waals surface area contributed by atoms with Crippen LogP contribution in [0.3, 0.4) is 0 Å². The molecule has 0 saturated carbocycles. The van der Waals surface area contributed by atoms with E-state index in [0.717, 1.165) is 19.6 Å². The first-order valence-corrected chi connectivity index (χ1v) is 8.12. The predicted octanol–water partition coefficient (Wildman–Crippen LogP) is 2.83. The zero-order valence-electron chi connectivity index (χ0n) is 13.5. The van der Waals surface area contributed by atoms with Gasteiger partial charge in [-0.2, -0.15) is 5.10 Å². The fourth-order valence-electron chi connectivity index (χ4n) is 3.45. The Morgan fingerprint density at radius 3 is 3.13 bits per heavy atom. The van der Waals surface area contributed by atoms with Gasteiger partial charge in [0, 0.05) is 54.6 Å². The zero-order chi connectivity index (χ0) is 15.8. The highest BCUT2D eigenvalue weighted by Gasteiger charge is 2.31. The van der Waals surface area contributed by atoms with Crippen LogP contribution in [0.4, 0.5) is 0 Å². The molecule has 5 nitrogen and oxygen atoms in total. The normalized spacial score (nSPS) is 21.3. The van der Waals surface area contributed by atoms with Gasteiger partial charge in [0.05, 0.1) is 6.20 Å². The Kier molecular flexibility index (Phi) is 3.67. The topological polar surface area (TPSA) is 54.9 Å². The van der Waals surface area contributed by atoms with E-state index in [2.05, 4.69) is 46.6 Å². The van der Waals surface area contributed by atoms with Crippen molar-refractivity contribution in [2.24, 2.45) is 7.05 Å². The average Bonchev–Trinajstić information content (AvgIpc) is 3.27. The van der Waals surface area contributed by atoms with Gasteiger partial charge >= 0.3 is 0 Å². The summed E-state index contributed by atoms with van der Waals surface area (Å²) in [6.45, 7) is 3.74. The van der Waals surface area contributed by atoms with E-state index in [9.17, 15) is 0 Å². The smallest absolute Gasteiger partial charge is 0.101 e. The fraction of sp³-hybridized carbons (Fsp3) is 0.389. The first-order valence-electron chi connectivity index (χ1n) is 8.12. The van der Waals surface area contributed by atoms with Crippen LogP contribution in [0.15, 0.2) is 36.7 Å². The van der Waals surface area contributed by atoms with Crippen molar-refractivity contribution in [1.29, 1.82) is 0 Å². The summed E-state index contributed by atoms with van der Waals surface area (Å²) in [5.41, 5.74) is 4.88. The number of benzene rings is 1. The van der Waals surface area contributed by atoms with Gasteiger partial charge in [0.1, 0.15) is 6.10 Å². The monoisotopic (exact) mass is 310 g/mol. The minimum atomic E-state index is 0.0918. The van der Waals surface area contributed by atoms with Gasteiger partial charge in [-0.15, -0.1) is 0 Å².